The van der Waals surface area contributed by atoms with E-state index in [1.807, 2.05) is 0 Å². The summed E-state index contributed by atoms with van der Waals surface area (Å²) in [5.74, 6) is 0.560. The van der Waals surface area contributed by atoms with E-state index >= 15 is 0 Å². The quantitative estimate of drug-likeness (QED) is 0.348. The number of fused-ring (bicyclic) bond motifs is 3. The summed E-state index contributed by atoms with van der Waals surface area (Å²) in [4.78, 5) is 0. The summed E-state index contributed by atoms with van der Waals surface area (Å²) in [6.07, 6.45) is 3.48. The van der Waals surface area contributed by atoms with Crippen molar-refractivity contribution in [2.75, 3.05) is 0 Å². The summed E-state index contributed by atoms with van der Waals surface area (Å²) in [7, 11) is 0. The Balaban J connectivity index is 0.000000432. The average Bonchev–Trinajstić information content (AvgIpc) is 3.08. The average molecular weight is 463 g/mol. The summed E-state index contributed by atoms with van der Waals surface area (Å²) in [6.45, 7) is 13.2. The Labute approximate surface area is 194 Å². The molecule has 0 aromatic heterocycles. The van der Waals surface area contributed by atoms with Crippen LogP contribution in [0.25, 0.3) is 21.5 Å². The van der Waals surface area contributed by atoms with Crippen molar-refractivity contribution in [2.24, 2.45) is 5.92 Å². The van der Waals surface area contributed by atoms with E-state index in [0.29, 0.717) is 5.92 Å². The van der Waals surface area contributed by atoms with Crippen LogP contribution in [0.2, 0.25) is 13.1 Å². The predicted octanol–water partition coefficient (Wildman–Crippen LogP) is 1.23. The second-order valence-electron chi connectivity index (χ2n) is 7.12. The first-order valence-corrected chi connectivity index (χ1v) is 14.0. The first-order chi connectivity index (χ1) is 12.3. The molecule has 0 spiro atoms. The van der Waals surface area contributed by atoms with Gasteiger partial charge in [0.25, 0.3) is 0 Å². The number of rotatable bonds is 0. The molecule has 0 radical (unpaired) electrons. The molecule has 28 heavy (non-hydrogen) atoms. The van der Waals surface area contributed by atoms with Crippen molar-refractivity contribution in [1.29, 1.82) is 0 Å². The summed E-state index contributed by atoms with van der Waals surface area (Å²) in [5.41, 5.74) is 4.25. The fraction of sp³-hybridized carbons (Fsp3) is 0.292. The summed E-state index contributed by atoms with van der Waals surface area (Å²) in [5, 5.41) is 5.39. The van der Waals surface area contributed by atoms with Crippen molar-refractivity contribution in [2.45, 2.75) is 40.8 Å². The molecule has 1 aliphatic carbocycles. The van der Waals surface area contributed by atoms with Gasteiger partial charge in [0, 0.05) is 0 Å². The first-order valence-electron chi connectivity index (χ1n) is 9.14. The maximum absolute atomic E-state index is 3.36. The van der Waals surface area contributed by atoms with E-state index in [-0.39, 0.29) is 31.0 Å². The van der Waals surface area contributed by atoms with Gasteiger partial charge in [0.15, 0.2) is 0 Å². The molecule has 4 rings (SSSR count). The molecule has 3 aromatic carbocycles. The van der Waals surface area contributed by atoms with Gasteiger partial charge in [0.1, 0.15) is 0 Å². The van der Waals surface area contributed by atoms with Crippen LogP contribution >= 0.6 is 0 Å². The van der Waals surface area contributed by atoms with Gasteiger partial charge >= 0.3 is 38.5 Å². The number of hydrogen-bond acceptors (Lipinski definition) is 0. The van der Waals surface area contributed by atoms with Crippen LogP contribution in [0.4, 0.5) is 0 Å². The Morgan fingerprint density at radius 3 is 1.54 bits per heavy atom. The molecule has 0 saturated carbocycles. The predicted molar refractivity (Wildman–Crippen MR) is 114 cm³/mol. The molecule has 0 saturated heterocycles. The minimum Gasteiger partial charge on any atom is -1.00 e. The monoisotopic (exact) mass is 462 g/mol. The summed E-state index contributed by atoms with van der Waals surface area (Å²) >= 11 is 2.27. The largest absolute Gasteiger partial charge is 1.00 e. The molecular formula is C24H28Cl2SiTi-2. The number of hydrogen-bond donors (Lipinski definition) is 0. The maximum Gasteiger partial charge on any atom is -0.0771 e. The van der Waals surface area contributed by atoms with Crippen molar-refractivity contribution in [3.05, 3.63) is 77.4 Å². The molecule has 0 bridgehead atoms. The van der Waals surface area contributed by atoms with Gasteiger partial charge in [-0.2, -0.15) is 11.1 Å². The second kappa shape index (κ2) is 12.8. The van der Waals surface area contributed by atoms with E-state index in [1.165, 1.54) is 38.3 Å². The standard InChI is InChI=1S/C13H9.C9H13.C2H6Si.2ClH.Ti/c1-3-7-12-10(5-1)9-11-6-2-4-8-13(11)12;1-6-5-7(2)9(4)8(6)3;1-3-2;;;/h1-9H;6H,1-4H3;1-2H3;2*1H;/q2*-1;;;;+2/p-2. The van der Waals surface area contributed by atoms with Gasteiger partial charge in [-0.25, -0.2) is 5.57 Å². The molecule has 0 nitrogen and oxygen atoms in total. The zero-order chi connectivity index (χ0) is 19.3. The van der Waals surface area contributed by atoms with Gasteiger partial charge in [0.2, 0.25) is 0 Å². The third-order valence-corrected chi connectivity index (χ3v) is 4.76. The molecule has 0 aliphatic heterocycles. The molecule has 4 heteroatoms. The van der Waals surface area contributed by atoms with Crippen molar-refractivity contribution < 1.29 is 44.0 Å². The van der Waals surface area contributed by atoms with E-state index < -0.39 is 0 Å². The molecule has 1 unspecified atom stereocenters. The van der Waals surface area contributed by atoms with Crippen LogP contribution in [0.3, 0.4) is 0 Å². The molecule has 3 aromatic rings. The van der Waals surface area contributed by atoms with E-state index in [2.05, 4.69) is 121 Å². The van der Waals surface area contributed by atoms with Gasteiger partial charge in [-0.15, -0.1) is 46.7 Å². The zero-order valence-corrected chi connectivity index (χ0v) is 21.6. The number of allylic oxidation sites excluding steroid dienone is 4. The number of halogens is 2. The maximum atomic E-state index is 3.36. The number of benzene rings is 2. The van der Waals surface area contributed by atoms with Gasteiger partial charge in [0.05, 0.1) is 0 Å². The van der Waals surface area contributed by atoms with Crippen molar-refractivity contribution in [3.8, 4) is 0 Å². The molecule has 0 fully saturated rings. The minimum atomic E-state index is 0. The van der Waals surface area contributed by atoms with Crippen molar-refractivity contribution in [3.63, 3.8) is 0 Å². The Bertz CT molecular complexity index is 928. The molecular weight excluding hydrogens is 435 g/mol. The van der Waals surface area contributed by atoms with Crippen molar-refractivity contribution in [1.82, 2.24) is 0 Å². The Morgan fingerprint density at radius 1 is 0.857 bits per heavy atom. The summed E-state index contributed by atoms with van der Waals surface area (Å²) < 4.78 is 0. The fourth-order valence-electron chi connectivity index (χ4n) is 3.07. The third-order valence-electron chi connectivity index (χ3n) is 4.76. The topological polar surface area (TPSA) is 0 Å². The molecule has 1 atom stereocenters. The van der Waals surface area contributed by atoms with E-state index in [9.17, 15) is 0 Å². The molecule has 0 amide bonds. The fourth-order valence-corrected chi connectivity index (χ4v) is 3.07. The minimum absolute atomic E-state index is 0. The van der Waals surface area contributed by atoms with Crippen LogP contribution in [0, 0.1) is 12.0 Å². The van der Waals surface area contributed by atoms with Crippen molar-refractivity contribution >= 4 is 27.7 Å². The van der Waals surface area contributed by atoms with Crippen LogP contribution in [-0.2, 0) is 19.2 Å². The molecule has 0 heterocycles. The van der Waals surface area contributed by atoms with Crippen LogP contribution in [0.15, 0.2) is 71.3 Å². The third kappa shape index (κ3) is 7.28. The first kappa shape index (κ1) is 27.3. The van der Waals surface area contributed by atoms with Gasteiger partial charge in [-0.1, -0.05) is 63.1 Å². The van der Waals surface area contributed by atoms with Crippen LogP contribution in [0.5, 0.6) is 0 Å². The Kier molecular flexibility index (Phi) is 12.5. The van der Waals surface area contributed by atoms with E-state index in [1.54, 1.807) is 0 Å². The Hall–Kier alpha value is -0.699. The van der Waals surface area contributed by atoms with Gasteiger partial charge in [-0.3, -0.25) is 6.08 Å². The van der Waals surface area contributed by atoms with E-state index in [4.69, 9.17) is 0 Å². The molecule has 1 aliphatic rings. The van der Waals surface area contributed by atoms with Crippen LogP contribution in [0.1, 0.15) is 27.7 Å². The zero-order valence-electron chi connectivity index (χ0n) is 17.5. The molecule has 0 N–H and O–H groups in total. The van der Waals surface area contributed by atoms with E-state index in [0.717, 1.165) is 0 Å². The van der Waals surface area contributed by atoms with Gasteiger partial charge in [-0.05, 0) is 0 Å². The SMILES string of the molecule is CC1=[C-]C(C)C(C)=C1C.C[Si](C)=[Ti+2].[Cl-].[Cl-].c1ccc2c(c1)[cH-]c1ccccc12. The smallest absolute Gasteiger partial charge is 0.0771 e. The summed E-state index contributed by atoms with van der Waals surface area (Å²) in [6, 6.07) is 19.3. The Morgan fingerprint density at radius 2 is 1.25 bits per heavy atom. The normalized spacial score (nSPS) is 14.9. The van der Waals surface area contributed by atoms with Gasteiger partial charge < -0.3 is 24.8 Å². The van der Waals surface area contributed by atoms with Crippen LogP contribution in [-0.4, -0.2) is 6.19 Å². The second-order valence-corrected chi connectivity index (χ2v) is 13.8. The van der Waals surface area contributed by atoms with Crippen LogP contribution < -0.4 is 24.8 Å². The molecule has 148 valence electrons.